The van der Waals surface area contributed by atoms with E-state index in [4.69, 9.17) is 0 Å². The molecule has 0 aliphatic carbocycles. The lowest BCUT2D eigenvalue weighted by molar-refractivity contribution is -0.0498. The van der Waals surface area contributed by atoms with Gasteiger partial charge in [0.25, 0.3) is 15.9 Å². The highest BCUT2D eigenvalue weighted by Gasteiger charge is 2.28. The van der Waals surface area contributed by atoms with Crippen molar-refractivity contribution in [1.29, 1.82) is 0 Å². The standard InChI is InChI=1S/C21H15F2N3O4S/c22-21(23)30-16-11-9-15(10-12-16)25-20(27)13-5-7-14(8-6-13)24-19-17-3-1-2-4-18(17)31(28,29)26-19/h1-12,21H,(H,24,26)(H,25,27). The van der Waals surface area contributed by atoms with E-state index in [1.165, 1.54) is 30.3 Å². The molecule has 0 saturated heterocycles. The van der Waals surface area contributed by atoms with Crippen LogP contribution in [0.1, 0.15) is 15.9 Å². The van der Waals surface area contributed by atoms with Gasteiger partial charge in [0.1, 0.15) is 10.6 Å². The number of carbonyl (C=O) groups excluding carboxylic acids is 1. The number of ether oxygens (including phenoxy) is 1. The molecule has 0 atom stereocenters. The fourth-order valence-electron chi connectivity index (χ4n) is 2.96. The fraction of sp³-hybridized carbons (Fsp3) is 0.0476. The van der Waals surface area contributed by atoms with Gasteiger partial charge in [-0.05, 0) is 60.7 Å². The van der Waals surface area contributed by atoms with Gasteiger partial charge in [0.15, 0.2) is 5.84 Å². The van der Waals surface area contributed by atoms with Crippen molar-refractivity contribution in [1.82, 2.24) is 0 Å². The van der Waals surface area contributed by atoms with Crippen LogP contribution in [0.2, 0.25) is 0 Å². The number of carbonyl (C=O) groups is 1. The third kappa shape index (κ3) is 4.53. The Morgan fingerprint density at radius 2 is 1.55 bits per heavy atom. The zero-order chi connectivity index (χ0) is 22.0. The molecule has 1 heterocycles. The Morgan fingerprint density at radius 3 is 2.23 bits per heavy atom. The largest absolute Gasteiger partial charge is 0.435 e. The summed E-state index contributed by atoms with van der Waals surface area (Å²) in [5, 5.41) is 5.60. The fourth-order valence-corrected chi connectivity index (χ4v) is 4.14. The van der Waals surface area contributed by atoms with E-state index < -0.39 is 22.5 Å². The molecule has 0 fully saturated rings. The molecule has 2 N–H and O–H groups in total. The van der Waals surface area contributed by atoms with Crippen LogP contribution < -0.4 is 15.4 Å². The molecule has 10 heteroatoms. The lowest BCUT2D eigenvalue weighted by Gasteiger charge is -2.09. The number of benzene rings is 3. The third-order valence-corrected chi connectivity index (χ3v) is 5.71. The quantitative estimate of drug-likeness (QED) is 0.619. The molecule has 0 saturated carbocycles. The van der Waals surface area contributed by atoms with Crippen LogP contribution in [-0.2, 0) is 10.0 Å². The summed E-state index contributed by atoms with van der Waals surface area (Å²) in [6.45, 7) is -2.92. The molecule has 1 aliphatic heterocycles. The zero-order valence-corrected chi connectivity index (χ0v) is 16.6. The highest BCUT2D eigenvalue weighted by Crippen LogP contribution is 2.27. The van der Waals surface area contributed by atoms with Crippen molar-refractivity contribution in [2.75, 3.05) is 10.6 Å². The minimum atomic E-state index is -3.73. The van der Waals surface area contributed by atoms with E-state index in [9.17, 15) is 22.0 Å². The molecule has 0 unspecified atom stereocenters. The number of anilines is 2. The Hall–Kier alpha value is -3.79. The lowest BCUT2D eigenvalue weighted by atomic mass is 10.1. The van der Waals surface area contributed by atoms with E-state index in [2.05, 4.69) is 19.8 Å². The summed E-state index contributed by atoms with van der Waals surface area (Å²) in [5.41, 5.74) is 1.79. The SMILES string of the molecule is O=C(Nc1ccc(OC(F)F)cc1)c1ccc(NC2=NS(=O)(=O)c3ccccc32)cc1. The van der Waals surface area contributed by atoms with Crippen LogP contribution >= 0.6 is 0 Å². The molecule has 7 nitrogen and oxygen atoms in total. The van der Waals surface area contributed by atoms with Crippen molar-refractivity contribution in [2.24, 2.45) is 4.40 Å². The Bertz CT molecular complexity index is 1260. The minimum Gasteiger partial charge on any atom is -0.435 e. The van der Waals surface area contributed by atoms with Crippen molar-refractivity contribution in [2.45, 2.75) is 11.5 Å². The summed E-state index contributed by atoms with van der Waals surface area (Å²) in [7, 11) is -3.73. The molecule has 31 heavy (non-hydrogen) atoms. The Labute approximate surface area is 176 Å². The zero-order valence-electron chi connectivity index (χ0n) is 15.7. The Morgan fingerprint density at radius 1 is 0.903 bits per heavy atom. The number of rotatable bonds is 5. The summed E-state index contributed by atoms with van der Waals surface area (Å²) >= 11 is 0. The van der Waals surface area contributed by atoms with Gasteiger partial charge >= 0.3 is 6.61 Å². The first-order chi connectivity index (χ1) is 14.8. The van der Waals surface area contributed by atoms with Crippen molar-refractivity contribution < 1.29 is 26.7 Å². The second kappa shape index (κ2) is 8.15. The number of halogens is 2. The van der Waals surface area contributed by atoms with Gasteiger partial charge in [-0.2, -0.15) is 17.2 Å². The van der Waals surface area contributed by atoms with Gasteiger partial charge in [0, 0.05) is 22.5 Å². The number of nitrogens with zero attached hydrogens (tertiary/aromatic N) is 1. The molecular formula is C21H15F2N3O4S. The van der Waals surface area contributed by atoms with Crippen molar-refractivity contribution in [3.05, 3.63) is 83.9 Å². The van der Waals surface area contributed by atoms with E-state index in [-0.39, 0.29) is 16.5 Å². The predicted molar refractivity (Wildman–Crippen MR) is 111 cm³/mol. The van der Waals surface area contributed by atoms with Crippen LogP contribution in [0.5, 0.6) is 5.75 Å². The molecule has 3 aromatic carbocycles. The molecule has 0 bridgehead atoms. The monoisotopic (exact) mass is 443 g/mol. The number of nitrogens with one attached hydrogen (secondary N) is 2. The normalized spacial score (nSPS) is 14.0. The maximum absolute atomic E-state index is 12.4. The molecule has 3 aromatic rings. The first-order valence-electron chi connectivity index (χ1n) is 8.99. The number of fused-ring (bicyclic) bond motifs is 1. The number of amides is 1. The van der Waals surface area contributed by atoms with Crippen LogP contribution in [0.15, 0.2) is 82.1 Å². The number of hydrogen-bond acceptors (Lipinski definition) is 5. The lowest BCUT2D eigenvalue weighted by Crippen LogP contribution is -2.13. The molecule has 0 spiro atoms. The molecule has 158 valence electrons. The Balaban J connectivity index is 1.43. The van der Waals surface area contributed by atoms with E-state index in [0.29, 0.717) is 22.5 Å². The van der Waals surface area contributed by atoms with Gasteiger partial charge in [-0.3, -0.25) is 4.79 Å². The first-order valence-corrected chi connectivity index (χ1v) is 10.4. The second-order valence-electron chi connectivity index (χ2n) is 6.47. The molecular weight excluding hydrogens is 428 g/mol. The smallest absolute Gasteiger partial charge is 0.387 e. The van der Waals surface area contributed by atoms with Crippen LogP contribution in [0.4, 0.5) is 20.2 Å². The third-order valence-electron chi connectivity index (χ3n) is 4.38. The summed E-state index contributed by atoms with van der Waals surface area (Å²) in [6, 6.07) is 18.4. The summed E-state index contributed by atoms with van der Waals surface area (Å²) in [5.74, 6) is -0.207. The molecule has 0 aromatic heterocycles. The van der Waals surface area contributed by atoms with Crippen molar-refractivity contribution >= 4 is 33.1 Å². The number of amidine groups is 1. The summed E-state index contributed by atoms with van der Waals surface area (Å²) in [4.78, 5) is 12.5. The number of hydrogen-bond donors (Lipinski definition) is 2. The maximum Gasteiger partial charge on any atom is 0.387 e. The molecule has 1 aliphatic rings. The van der Waals surface area contributed by atoms with Crippen LogP contribution in [-0.4, -0.2) is 26.8 Å². The van der Waals surface area contributed by atoms with Crippen molar-refractivity contribution in [3.63, 3.8) is 0 Å². The topological polar surface area (TPSA) is 96.9 Å². The van der Waals surface area contributed by atoms with Gasteiger partial charge < -0.3 is 15.4 Å². The average molecular weight is 443 g/mol. The maximum atomic E-state index is 12.4. The summed E-state index contributed by atoms with van der Waals surface area (Å²) in [6.07, 6.45) is 0. The van der Waals surface area contributed by atoms with E-state index >= 15 is 0 Å². The Kier molecular flexibility index (Phi) is 5.38. The average Bonchev–Trinajstić information content (AvgIpc) is 3.00. The van der Waals surface area contributed by atoms with Gasteiger partial charge in [0.2, 0.25) is 0 Å². The van der Waals surface area contributed by atoms with Crippen LogP contribution in [0, 0.1) is 0 Å². The molecule has 0 radical (unpaired) electrons. The van der Waals surface area contributed by atoms with E-state index in [1.807, 2.05) is 0 Å². The van der Waals surface area contributed by atoms with Gasteiger partial charge in [-0.1, -0.05) is 12.1 Å². The summed E-state index contributed by atoms with van der Waals surface area (Å²) < 4.78 is 56.6. The van der Waals surface area contributed by atoms with Gasteiger partial charge in [-0.15, -0.1) is 4.40 Å². The highest BCUT2D eigenvalue weighted by molar-refractivity contribution is 7.90. The molecule has 4 rings (SSSR count). The van der Waals surface area contributed by atoms with E-state index in [0.717, 1.165) is 0 Å². The van der Waals surface area contributed by atoms with Gasteiger partial charge in [-0.25, -0.2) is 0 Å². The van der Waals surface area contributed by atoms with Crippen LogP contribution in [0.25, 0.3) is 0 Å². The predicted octanol–water partition coefficient (Wildman–Crippen LogP) is 4.10. The second-order valence-corrected chi connectivity index (χ2v) is 8.04. The first kappa shape index (κ1) is 20.5. The van der Waals surface area contributed by atoms with Crippen LogP contribution in [0.3, 0.4) is 0 Å². The minimum absolute atomic E-state index is 0.0122. The van der Waals surface area contributed by atoms with E-state index in [1.54, 1.807) is 42.5 Å². The van der Waals surface area contributed by atoms with Crippen molar-refractivity contribution in [3.8, 4) is 5.75 Å². The highest BCUT2D eigenvalue weighted by atomic mass is 32.2. The number of sulfonamides is 1. The number of alkyl halides is 2. The van der Waals surface area contributed by atoms with Gasteiger partial charge in [0.05, 0.1) is 0 Å². The molecule has 1 amide bonds.